The Kier molecular flexibility index (Phi) is 7.50. The van der Waals surface area contributed by atoms with E-state index in [1.165, 1.54) is 17.0 Å². The number of rotatable bonds is 7. The molecule has 0 radical (unpaired) electrons. The summed E-state index contributed by atoms with van der Waals surface area (Å²) in [5.41, 5.74) is 3.75. The molecule has 1 aromatic heterocycles. The normalized spacial score (nSPS) is 21.6. The molecule has 148 valence electrons. The molecule has 1 aromatic rings. The highest BCUT2D eigenvalue weighted by Crippen LogP contribution is 2.19. The van der Waals surface area contributed by atoms with Crippen LogP contribution in [0.4, 0.5) is 0 Å². The van der Waals surface area contributed by atoms with Gasteiger partial charge in [-0.2, -0.15) is 5.10 Å². The van der Waals surface area contributed by atoms with Crippen LogP contribution >= 0.6 is 0 Å². The minimum atomic E-state index is 0.445. The molecule has 1 fully saturated rings. The lowest BCUT2D eigenvalue weighted by Gasteiger charge is -2.22. The first-order valence-electron chi connectivity index (χ1n) is 10.2. The quantitative estimate of drug-likeness (QED) is 0.577. The molecular formula is C20H38N6. The van der Waals surface area contributed by atoms with Gasteiger partial charge in [0.05, 0.1) is 12.2 Å². The van der Waals surface area contributed by atoms with Crippen LogP contribution in [0.1, 0.15) is 58.5 Å². The van der Waals surface area contributed by atoms with E-state index in [2.05, 4.69) is 62.2 Å². The van der Waals surface area contributed by atoms with Crippen LogP contribution in [0, 0.1) is 5.92 Å². The Morgan fingerprint density at radius 3 is 2.50 bits per heavy atom. The van der Waals surface area contributed by atoms with Crippen molar-refractivity contribution in [2.45, 2.75) is 73.0 Å². The largest absolute Gasteiger partial charge is 0.357 e. The summed E-state index contributed by atoms with van der Waals surface area (Å²) in [5.74, 6) is 1.54. The van der Waals surface area contributed by atoms with Gasteiger partial charge in [-0.1, -0.05) is 20.8 Å². The van der Waals surface area contributed by atoms with Gasteiger partial charge in [0.2, 0.25) is 0 Å². The number of nitrogens with one attached hydrogen (secondary N) is 2. The zero-order valence-corrected chi connectivity index (χ0v) is 17.8. The van der Waals surface area contributed by atoms with Gasteiger partial charge >= 0.3 is 0 Å². The van der Waals surface area contributed by atoms with Crippen molar-refractivity contribution in [3.05, 3.63) is 17.0 Å². The summed E-state index contributed by atoms with van der Waals surface area (Å²) in [5, 5.41) is 11.8. The average Bonchev–Trinajstić information content (AvgIpc) is 3.12. The van der Waals surface area contributed by atoms with Gasteiger partial charge in [0.15, 0.2) is 5.96 Å². The van der Waals surface area contributed by atoms with Crippen molar-refractivity contribution in [3.8, 4) is 0 Å². The Morgan fingerprint density at radius 1 is 1.23 bits per heavy atom. The van der Waals surface area contributed by atoms with Crippen molar-refractivity contribution in [1.29, 1.82) is 0 Å². The summed E-state index contributed by atoms with van der Waals surface area (Å²) in [6.45, 7) is 17.1. The van der Waals surface area contributed by atoms with Crippen molar-refractivity contribution < 1.29 is 0 Å². The highest BCUT2D eigenvalue weighted by molar-refractivity contribution is 5.80. The first kappa shape index (κ1) is 20.7. The molecular weight excluding hydrogens is 324 g/mol. The van der Waals surface area contributed by atoms with E-state index in [9.17, 15) is 0 Å². The van der Waals surface area contributed by atoms with Crippen LogP contribution in [-0.4, -0.2) is 52.4 Å². The molecule has 26 heavy (non-hydrogen) atoms. The second-order valence-corrected chi connectivity index (χ2v) is 7.67. The van der Waals surface area contributed by atoms with Crippen molar-refractivity contribution in [2.24, 2.45) is 18.0 Å². The molecule has 0 aromatic carbocycles. The van der Waals surface area contributed by atoms with Crippen LogP contribution in [-0.2, 0) is 26.4 Å². The fourth-order valence-corrected chi connectivity index (χ4v) is 3.84. The molecule has 0 spiro atoms. The van der Waals surface area contributed by atoms with Crippen molar-refractivity contribution in [1.82, 2.24) is 25.3 Å². The maximum Gasteiger partial charge on any atom is 0.191 e. The third-order valence-corrected chi connectivity index (χ3v) is 5.46. The molecule has 1 aliphatic rings. The van der Waals surface area contributed by atoms with Gasteiger partial charge in [-0.05, 0) is 39.5 Å². The van der Waals surface area contributed by atoms with E-state index in [1.807, 2.05) is 11.7 Å². The summed E-state index contributed by atoms with van der Waals surface area (Å²) in [6, 6.07) is 1.04. The summed E-state index contributed by atoms with van der Waals surface area (Å²) in [7, 11) is 2.04. The second-order valence-electron chi connectivity index (χ2n) is 7.67. The zero-order valence-electron chi connectivity index (χ0n) is 17.8. The lowest BCUT2D eigenvalue weighted by atomic mass is 10.1. The molecule has 2 unspecified atom stereocenters. The Morgan fingerprint density at radius 2 is 1.96 bits per heavy atom. The molecule has 1 saturated heterocycles. The van der Waals surface area contributed by atoms with Crippen LogP contribution < -0.4 is 10.6 Å². The van der Waals surface area contributed by atoms with Crippen molar-refractivity contribution in [3.63, 3.8) is 0 Å². The van der Waals surface area contributed by atoms with Crippen LogP contribution in [0.5, 0.6) is 0 Å². The molecule has 0 amide bonds. The number of likely N-dealkylation sites (tertiary alicyclic amines) is 1. The third-order valence-electron chi connectivity index (χ3n) is 5.46. The fourth-order valence-electron chi connectivity index (χ4n) is 3.84. The van der Waals surface area contributed by atoms with E-state index in [4.69, 9.17) is 4.99 Å². The molecule has 0 saturated carbocycles. The Balaban J connectivity index is 2.13. The van der Waals surface area contributed by atoms with Gasteiger partial charge in [-0.15, -0.1) is 0 Å². The summed E-state index contributed by atoms with van der Waals surface area (Å²) >= 11 is 0. The van der Waals surface area contributed by atoms with E-state index in [-0.39, 0.29) is 0 Å². The minimum absolute atomic E-state index is 0.445. The molecule has 0 bridgehead atoms. The summed E-state index contributed by atoms with van der Waals surface area (Å²) in [6.07, 6.45) is 1.94. The van der Waals surface area contributed by atoms with Crippen LogP contribution in [0.2, 0.25) is 0 Å². The number of guanidine groups is 1. The Bertz CT molecular complexity index is 604. The highest BCUT2D eigenvalue weighted by Gasteiger charge is 2.31. The van der Waals surface area contributed by atoms with Crippen LogP contribution in [0.15, 0.2) is 4.99 Å². The maximum atomic E-state index is 4.90. The lowest BCUT2D eigenvalue weighted by molar-refractivity contribution is 0.265. The van der Waals surface area contributed by atoms with E-state index < -0.39 is 0 Å². The molecule has 2 N–H and O–H groups in total. The topological polar surface area (TPSA) is 57.5 Å². The minimum Gasteiger partial charge on any atom is -0.357 e. The molecule has 2 atom stereocenters. The fraction of sp³-hybridized carbons (Fsp3) is 0.800. The summed E-state index contributed by atoms with van der Waals surface area (Å²) in [4.78, 5) is 7.44. The summed E-state index contributed by atoms with van der Waals surface area (Å²) < 4.78 is 2.02. The first-order chi connectivity index (χ1) is 12.4. The smallest absolute Gasteiger partial charge is 0.191 e. The molecule has 6 heteroatoms. The average molecular weight is 363 g/mol. The van der Waals surface area contributed by atoms with E-state index in [0.717, 1.165) is 38.4 Å². The monoisotopic (exact) mass is 362 g/mol. The standard InChI is InChI=1S/C20H38N6/c1-8-17-16(19(9-2)25(7)24-17)11-22-20(21-10-3)23-18-13-26(14(4)5)12-15(18)6/h14-15,18H,8-13H2,1-7H3,(H2,21,22,23). The maximum absolute atomic E-state index is 4.90. The number of aryl methyl sites for hydroxylation is 2. The second kappa shape index (κ2) is 9.40. The van der Waals surface area contributed by atoms with Gasteiger partial charge < -0.3 is 10.6 Å². The van der Waals surface area contributed by atoms with Gasteiger partial charge in [-0.25, -0.2) is 4.99 Å². The van der Waals surface area contributed by atoms with E-state index in [0.29, 0.717) is 24.5 Å². The number of aliphatic imine (C=N–C) groups is 1. The van der Waals surface area contributed by atoms with Gasteiger partial charge in [-0.3, -0.25) is 9.58 Å². The zero-order chi connectivity index (χ0) is 19.3. The van der Waals surface area contributed by atoms with Crippen LogP contribution in [0.25, 0.3) is 0 Å². The first-order valence-corrected chi connectivity index (χ1v) is 10.2. The molecule has 0 aliphatic carbocycles. The number of nitrogens with zero attached hydrogens (tertiary/aromatic N) is 4. The molecule has 2 rings (SSSR count). The van der Waals surface area contributed by atoms with E-state index in [1.54, 1.807) is 0 Å². The number of hydrogen-bond acceptors (Lipinski definition) is 3. The van der Waals surface area contributed by atoms with Crippen LogP contribution in [0.3, 0.4) is 0 Å². The predicted molar refractivity (Wildman–Crippen MR) is 110 cm³/mol. The molecule has 2 heterocycles. The number of hydrogen-bond donors (Lipinski definition) is 2. The predicted octanol–water partition coefficient (Wildman–Crippen LogP) is 2.33. The number of aromatic nitrogens is 2. The van der Waals surface area contributed by atoms with Crippen molar-refractivity contribution in [2.75, 3.05) is 19.6 Å². The Hall–Kier alpha value is -1.56. The SMILES string of the molecule is CCNC(=NCc1c(CC)nn(C)c1CC)NC1CN(C(C)C)CC1C. The van der Waals surface area contributed by atoms with Gasteiger partial charge in [0.1, 0.15) is 0 Å². The van der Waals surface area contributed by atoms with Gasteiger partial charge in [0, 0.05) is 50.0 Å². The lowest BCUT2D eigenvalue weighted by Crippen LogP contribution is -2.46. The van der Waals surface area contributed by atoms with E-state index >= 15 is 0 Å². The highest BCUT2D eigenvalue weighted by atomic mass is 15.3. The van der Waals surface area contributed by atoms with Crippen molar-refractivity contribution >= 4 is 5.96 Å². The Labute approximate surface area is 159 Å². The molecule has 6 nitrogen and oxygen atoms in total. The molecule has 1 aliphatic heterocycles. The third kappa shape index (κ3) is 4.78. The van der Waals surface area contributed by atoms with Gasteiger partial charge in [0.25, 0.3) is 0 Å².